The van der Waals surface area contributed by atoms with Gasteiger partial charge in [-0.1, -0.05) is 0 Å². The summed E-state index contributed by atoms with van der Waals surface area (Å²) in [5, 5.41) is 12.4. The summed E-state index contributed by atoms with van der Waals surface area (Å²) in [7, 11) is 0. The molecule has 3 N–H and O–H groups in total. The van der Waals surface area contributed by atoms with E-state index in [9.17, 15) is 9.59 Å². The number of amides is 1. The third kappa shape index (κ3) is 4.06. The predicted octanol–water partition coefficient (Wildman–Crippen LogP) is 3.25. The van der Waals surface area contributed by atoms with E-state index < -0.39 is 5.97 Å². The Kier molecular flexibility index (Phi) is 4.94. The minimum Gasteiger partial charge on any atom is -0.481 e. The lowest BCUT2D eigenvalue weighted by molar-refractivity contribution is -0.137. The number of hydrogen-bond acceptors (Lipinski definition) is 4. The zero-order valence-electron chi connectivity index (χ0n) is 11.4. The van der Waals surface area contributed by atoms with Gasteiger partial charge in [-0.25, -0.2) is 0 Å². The van der Waals surface area contributed by atoms with Crippen LogP contribution in [-0.2, 0) is 9.59 Å². The van der Waals surface area contributed by atoms with E-state index in [0.717, 1.165) is 11.4 Å². The summed E-state index contributed by atoms with van der Waals surface area (Å²) in [5.74, 6) is -1.02. The molecule has 0 unspecified atom stereocenters. The van der Waals surface area contributed by atoms with Crippen LogP contribution in [0.25, 0.3) is 0 Å². The van der Waals surface area contributed by atoms with Crippen molar-refractivity contribution in [1.29, 1.82) is 0 Å². The molecule has 0 fully saturated rings. The number of nitrogens with zero attached hydrogens (tertiary/aromatic N) is 1. The fraction of sp³-hybridized carbons (Fsp3) is 0.200. The molecule has 0 aliphatic carbocycles. The largest absolute Gasteiger partial charge is 0.481 e. The number of thiophene rings is 1. The summed E-state index contributed by atoms with van der Waals surface area (Å²) in [6, 6.07) is 8.89. The second kappa shape index (κ2) is 6.90. The smallest absolute Gasteiger partial charge is 0.303 e. The highest BCUT2D eigenvalue weighted by Crippen LogP contribution is 2.29. The first kappa shape index (κ1) is 15.1. The summed E-state index contributed by atoms with van der Waals surface area (Å²) in [4.78, 5) is 24.6. The van der Waals surface area contributed by atoms with E-state index in [4.69, 9.17) is 10.8 Å². The summed E-state index contributed by atoms with van der Waals surface area (Å²) < 4.78 is 0. The number of hydrogen-bond donors (Lipinski definition) is 2. The molecule has 0 radical (unpaired) electrons. The van der Waals surface area contributed by atoms with Gasteiger partial charge in [0.25, 0.3) is 0 Å². The van der Waals surface area contributed by atoms with Gasteiger partial charge in [0.15, 0.2) is 0 Å². The van der Waals surface area contributed by atoms with Crippen LogP contribution in [-0.4, -0.2) is 17.0 Å². The van der Waals surface area contributed by atoms with Crippen molar-refractivity contribution in [3.63, 3.8) is 0 Å². The summed E-state index contributed by atoms with van der Waals surface area (Å²) >= 11 is 1.50. The van der Waals surface area contributed by atoms with Crippen LogP contribution in [0.2, 0.25) is 0 Å². The molecule has 0 saturated heterocycles. The van der Waals surface area contributed by atoms with Crippen molar-refractivity contribution in [2.75, 3.05) is 10.6 Å². The van der Waals surface area contributed by atoms with E-state index in [0.29, 0.717) is 12.1 Å². The minimum absolute atomic E-state index is 0.00897. The zero-order valence-corrected chi connectivity index (χ0v) is 12.2. The molecule has 1 aromatic heterocycles. The first-order valence-electron chi connectivity index (χ1n) is 6.50. The van der Waals surface area contributed by atoms with Crippen LogP contribution in [0.15, 0.2) is 41.1 Å². The maximum Gasteiger partial charge on any atom is 0.303 e. The Balaban J connectivity index is 2.18. The molecule has 6 heteroatoms. The van der Waals surface area contributed by atoms with Crippen LogP contribution >= 0.6 is 11.3 Å². The summed E-state index contributed by atoms with van der Waals surface area (Å²) in [6.07, 6.45) is 0.501. The number of benzene rings is 1. The van der Waals surface area contributed by atoms with Gasteiger partial charge in [0, 0.05) is 29.6 Å². The average molecular weight is 304 g/mol. The van der Waals surface area contributed by atoms with Crippen molar-refractivity contribution in [1.82, 2.24) is 0 Å². The maximum atomic E-state index is 12.4. The minimum atomic E-state index is -0.891. The fourth-order valence-electron chi connectivity index (χ4n) is 1.95. The van der Waals surface area contributed by atoms with Crippen LogP contribution in [0.5, 0.6) is 0 Å². The number of nitrogen functional groups attached to an aromatic ring is 1. The quantitative estimate of drug-likeness (QED) is 0.802. The van der Waals surface area contributed by atoms with Crippen LogP contribution in [0.1, 0.15) is 19.3 Å². The number of nitrogens with two attached hydrogens (primary N) is 1. The number of carboxylic acids is 1. The topological polar surface area (TPSA) is 83.6 Å². The number of aliphatic carboxylic acids is 1. The van der Waals surface area contributed by atoms with Crippen molar-refractivity contribution in [2.45, 2.75) is 19.3 Å². The normalized spacial score (nSPS) is 10.3. The van der Waals surface area contributed by atoms with Crippen molar-refractivity contribution < 1.29 is 14.7 Å². The second-order valence-corrected chi connectivity index (χ2v) is 5.33. The molecule has 1 aromatic carbocycles. The molecule has 0 saturated carbocycles. The van der Waals surface area contributed by atoms with Gasteiger partial charge in [0.1, 0.15) is 0 Å². The number of rotatable bonds is 6. The van der Waals surface area contributed by atoms with Crippen LogP contribution < -0.4 is 10.6 Å². The van der Waals surface area contributed by atoms with Gasteiger partial charge in [0.05, 0.1) is 5.69 Å². The van der Waals surface area contributed by atoms with Crippen molar-refractivity contribution in [2.24, 2.45) is 0 Å². The molecule has 5 nitrogen and oxygen atoms in total. The predicted molar refractivity (Wildman–Crippen MR) is 83.8 cm³/mol. The molecule has 2 rings (SSSR count). The van der Waals surface area contributed by atoms with Gasteiger partial charge in [0.2, 0.25) is 5.91 Å². The standard InChI is InChI=1S/C15H16N2O3S/c16-11-4-6-12(7-5-11)17(13-8-9-21-10-13)14(18)2-1-3-15(19)20/h4-10H,1-3,16H2,(H,19,20). The van der Waals surface area contributed by atoms with Crippen molar-refractivity contribution >= 4 is 40.3 Å². The van der Waals surface area contributed by atoms with E-state index in [-0.39, 0.29) is 18.7 Å². The average Bonchev–Trinajstić information content (AvgIpc) is 2.95. The molecule has 1 amide bonds. The third-order valence-electron chi connectivity index (χ3n) is 2.95. The highest BCUT2D eigenvalue weighted by atomic mass is 32.1. The Morgan fingerprint density at radius 1 is 1.10 bits per heavy atom. The van der Waals surface area contributed by atoms with E-state index in [1.165, 1.54) is 11.3 Å². The molecular formula is C15H16N2O3S. The molecular weight excluding hydrogens is 288 g/mol. The molecule has 0 spiro atoms. The maximum absolute atomic E-state index is 12.4. The Hall–Kier alpha value is -2.34. The molecule has 110 valence electrons. The molecule has 0 aliphatic rings. The van der Waals surface area contributed by atoms with E-state index >= 15 is 0 Å². The Bertz CT molecular complexity index is 608. The van der Waals surface area contributed by atoms with Gasteiger partial charge >= 0.3 is 5.97 Å². The van der Waals surface area contributed by atoms with E-state index in [1.54, 1.807) is 29.2 Å². The summed E-state index contributed by atoms with van der Waals surface area (Å²) in [6.45, 7) is 0. The number of carbonyl (C=O) groups is 2. The van der Waals surface area contributed by atoms with Gasteiger partial charge in [-0.3, -0.25) is 14.5 Å². The third-order valence-corrected chi connectivity index (χ3v) is 3.62. The summed E-state index contributed by atoms with van der Waals surface area (Å²) in [5.41, 5.74) is 7.80. The zero-order chi connectivity index (χ0) is 15.2. The number of carbonyl (C=O) groups excluding carboxylic acids is 1. The van der Waals surface area contributed by atoms with Crippen LogP contribution in [0.3, 0.4) is 0 Å². The lowest BCUT2D eigenvalue weighted by Crippen LogP contribution is -2.25. The molecule has 21 heavy (non-hydrogen) atoms. The monoisotopic (exact) mass is 304 g/mol. The Morgan fingerprint density at radius 2 is 1.81 bits per heavy atom. The lowest BCUT2D eigenvalue weighted by Gasteiger charge is -2.21. The first-order chi connectivity index (χ1) is 10.1. The molecule has 0 aliphatic heterocycles. The Morgan fingerprint density at radius 3 is 2.38 bits per heavy atom. The van der Waals surface area contributed by atoms with Gasteiger partial charge in [-0.05, 0) is 42.1 Å². The van der Waals surface area contributed by atoms with Gasteiger partial charge in [-0.2, -0.15) is 11.3 Å². The highest BCUT2D eigenvalue weighted by Gasteiger charge is 2.18. The van der Waals surface area contributed by atoms with Crippen molar-refractivity contribution in [3.05, 3.63) is 41.1 Å². The number of anilines is 3. The van der Waals surface area contributed by atoms with E-state index in [2.05, 4.69) is 0 Å². The first-order valence-corrected chi connectivity index (χ1v) is 7.44. The van der Waals surface area contributed by atoms with E-state index in [1.807, 2.05) is 16.8 Å². The second-order valence-electron chi connectivity index (χ2n) is 4.55. The molecule has 2 aromatic rings. The molecule has 0 bridgehead atoms. The molecule has 1 heterocycles. The SMILES string of the molecule is Nc1ccc(N(C(=O)CCCC(=O)O)c2ccsc2)cc1. The highest BCUT2D eigenvalue weighted by molar-refractivity contribution is 7.08. The Labute approximate surface area is 126 Å². The van der Waals surface area contributed by atoms with Crippen molar-refractivity contribution in [3.8, 4) is 0 Å². The van der Waals surface area contributed by atoms with Gasteiger partial charge < -0.3 is 10.8 Å². The molecule has 0 atom stereocenters. The fourth-order valence-corrected chi connectivity index (χ4v) is 2.57. The van der Waals surface area contributed by atoms with Gasteiger partial charge in [-0.15, -0.1) is 0 Å². The lowest BCUT2D eigenvalue weighted by atomic mass is 10.2. The number of carboxylic acid groups (broad SMARTS) is 1. The van der Waals surface area contributed by atoms with Crippen LogP contribution in [0, 0.1) is 0 Å². The van der Waals surface area contributed by atoms with Crippen LogP contribution in [0.4, 0.5) is 17.1 Å².